The van der Waals surface area contributed by atoms with Crippen molar-refractivity contribution in [2.24, 2.45) is 0 Å². The highest BCUT2D eigenvalue weighted by Crippen LogP contribution is 2.10. The fourth-order valence-corrected chi connectivity index (χ4v) is 1.03. The molecule has 0 amide bonds. The van der Waals surface area contributed by atoms with E-state index in [0.717, 1.165) is 6.42 Å². The number of nitrogens with two attached hydrogens (primary N) is 1. The molecule has 0 fully saturated rings. The predicted octanol–water partition coefficient (Wildman–Crippen LogP) is -0.602. The van der Waals surface area contributed by atoms with Crippen LogP contribution in [0, 0.1) is 0 Å². The van der Waals surface area contributed by atoms with Gasteiger partial charge in [0.1, 0.15) is 5.60 Å². The maximum absolute atomic E-state index is 9.62. The summed E-state index contributed by atoms with van der Waals surface area (Å²) in [5.74, 6) is 0.226. The van der Waals surface area contributed by atoms with Crippen LogP contribution in [0.15, 0.2) is 0 Å². The standard InChI is InChI=1S/C10H19N5O3/c1-3-4-18-9-14-7(11)13-8(15-9)12-5-10(2,17)6-16/h16-17H,3-6H2,1-2H3,(H3,11,12,13,14,15). The predicted molar refractivity (Wildman–Crippen MR) is 66.2 cm³/mol. The Labute approximate surface area is 105 Å². The normalized spacial score (nSPS) is 14.0. The first-order chi connectivity index (χ1) is 8.46. The lowest BCUT2D eigenvalue weighted by Crippen LogP contribution is -2.37. The van der Waals surface area contributed by atoms with Gasteiger partial charge in [0, 0.05) is 6.54 Å². The highest BCUT2D eigenvalue weighted by atomic mass is 16.5. The third-order valence-corrected chi connectivity index (χ3v) is 2.04. The van der Waals surface area contributed by atoms with Gasteiger partial charge in [-0.15, -0.1) is 0 Å². The van der Waals surface area contributed by atoms with Crippen molar-refractivity contribution in [3.05, 3.63) is 0 Å². The Hall–Kier alpha value is -1.67. The summed E-state index contributed by atoms with van der Waals surface area (Å²) in [7, 11) is 0. The van der Waals surface area contributed by atoms with Gasteiger partial charge in [0.15, 0.2) is 0 Å². The van der Waals surface area contributed by atoms with Gasteiger partial charge in [0.2, 0.25) is 11.9 Å². The number of aliphatic hydroxyl groups is 2. The van der Waals surface area contributed by atoms with Crippen molar-refractivity contribution >= 4 is 11.9 Å². The summed E-state index contributed by atoms with van der Waals surface area (Å²) < 4.78 is 5.24. The van der Waals surface area contributed by atoms with E-state index >= 15 is 0 Å². The van der Waals surface area contributed by atoms with Crippen LogP contribution in [0.5, 0.6) is 6.01 Å². The molecule has 8 heteroatoms. The maximum atomic E-state index is 9.62. The van der Waals surface area contributed by atoms with Crippen molar-refractivity contribution in [1.82, 2.24) is 15.0 Å². The zero-order chi connectivity index (χ0) is 13.6. The van der Waals surface area contributed by atoms with Crippen LogP contribution in [0.1, 0.15) is 20.3 Å². The lowest BCUT2D eigenvalue weighted by molar-refractivity contribution is 0.0131. The third kappa shape index (κ3) is 4.68. The number of nitrogens with zero attached hydrogens (tertiary/aromatic N) is 3. The summed E-state index contributed by atoms with van der Waals surface area (Å²) in [5, 5.41) is 21.3. The average molecular weight is 257 g/mol. The second-order valence-electron chi connectivity index (χ2n) is 4.16. The van der Waals surface area contributed by atoms with Crippen LogP contribution in [-0.4, -0.2) is 50.5 Å². The van der Waals surface area contributed by atoms with E-state index in [1.165, 1.54) is 6.92 Å². The van der Waals surface area contributed by atoms with Gasteiger partial charge >= 0.3 is 6.01 Å². The Morgan fingerprint density at radius 2 is 2.11 bits per heavy atom. The molecule has 0 aromatic carbocycles. The molecule has 1 unspecified atom stereocenters. The maximum Gasteiger partial charge on any atom is 0.323 e. The number of hydrogen-bond donors (Lipinski definition) is 4. The lowest BCUT2D eigenvalue weighted by Gasteiger charge is -2.20. The van der Waals surface area contributed by atoms with Crippen molar-refractivity contribution in [2.45, 2.75) is 25.9 Å². The van der Waals surface area contributed by atoms with Gasteiger partial charge < -0.3 is 26.0 Å². The first-order valence-electron chi connectivity index (χ1n) is 5.68. The fraction of sp³-hybridized carbons (Fsp3) is 0.700. The van der Waals surface area contributed by atoms with Crippen molar-refractivity contribution in [3.63, 3.8) is 0 Å². The van der Waals surface area contributed by atoms with Crippen LogP contribution in [0.4, 0.5) is 11.9 Å². The van der Waals surface area contributed by atoms with E-state index in [9.17, 15) is 5.11 Å². The molecule has 0 spiro atoms. The molecule has 0 aliphatic rings. The number of nitrogens with one attached hydrogen (secondary N) is 1. The Morgan fingerprint density at radius 3 is 2.72 bits per heavy atom. The zero-order valence-electron chi connectivity index (χ0n) is 10.6. The number of nitrogen functional groups attached to an aromatic ring is 1. The molecule has 18 heavy (non-hydrogen) atoms. The summed E-state index contributed by atoms with van der Waals surface area (Å²) in [6.07, 6.45) is 0.827. The molecule has 1 rings (SSSR count). The Morgan fingerprint density at radius 1 is 1.39 bits per heavy atom. The first-order valence-corrected chi connectivity index (χ1v) is 5.68. The summed E-state index contributed by atoms with van der Waals surface area (Å²) >= 11 is 0. The van der Waals surface area contributed by atoms with Crippen LogP contribution < -0.4 is 15.8 Å². The SMILES string of the molecule is CCCOc1nc(N)nc(NCC(C)(O)CO)n1. The molecule has 1 aromatic heterocycles. The smallest absolute Gasteiger partial charge is 0.323 e. The monoisotopic (exact) mass is 257 g/mol. The molecule has 0 bridgehead atoms. The molecular formula is C10H19N5O3. The number of hydrogen-bond acceptors (Lipinski definition) is 8. The molecule has 8 nitrogen and oxygen atoms in total. The topological polar surface area (TPSA) is 126 Å². The van der Waals surface area contributed by atoms with Gasteiger partial charge in [-0.2, -0.15) is 15.0 Å². The molecule has 0 radical (unpaired) electrons. The van der Waals surface area contributed by atoms with Gasteiger partial charge in [0.25, 0.3) is 0 Å². The summed E-state index contributed by atoms with van der Waals surface area (Å²) in [6.45, 7) is 3.64. The Kier molecular flexibility index (Phi) is 5.05. The van der Waals surface area contributed by atoms with E-state index in [-0.39, 0.29) is 31.1 Å². The largest absolute Gasteiger partial charge is 0.463 e. The van der Waals surface area contributed by atoms with E-state index in [1.807, 2.05) is 6.92 Å². The van der Waals surface area contributed by atoms with Crippen LogP contribution in [0.3, 0.4) is 0 Å². The molecule has 1 aromatic rings. The first kappa shape index (κ1) is 14.4. The second-order valence-corrected chi connectivity index (χ2v) is 4.16. The van der Waals surface area contributed by atoms with Crippen LogP contribution in [-0.2, 0) is 0 Å². The molecule has 5 N–H and O–H groups in total. The second kappa shape index (κ2) is 6.31. The quantitative estimate of drug-likeness (QED) is 0.510. The van der Waals surface area contributed by atoms with Gasteiger partial charge in [0.05, 0.1) is 13.2 Å². The summed E-state index contributed by atoms with van der Waals surface area (Å²) in [6, 6.07) is 0.135. The molecule has 0 saturated heterocycles. The minimum atomic E-state index is -1.26. The highest BCUT2D eigenvalue weighted by molar-refractivity contribution is 5.32. The number of aromatic nitrogens is 3. The van der Waals surface area contributed by atoms with Gasteiger partial charge in [-0.25, -0.2) is 0 Å². The minimum absolute atomic E-state index is 0.0299. The van der Waals surface area contributed by atoms with E-state index in [2.05, 4.69) is 20.3 Å². The van der Waals surface area contributed by atoms with Crippen LogP contribution in [0.2, 0.25) is 0 Å². The fourth-order valence-electron chi connectivity index (χ4n) is 1.03. The molecule has 0 aliphatic heterocycles. The van der Waals surface area contributed by atoms with Crippen LogP contribution in [0.25, 0.3) is 0 Å². The summed E-state index contributed by atoms with van der Waals surface area (Å²) in [4.78, 5) is 11.6. The zero-order valence-corrected chi connectivity index (χ0v) is 10.6. The number of aliphatic hydroxyl groups excluding tert-OH is 1. The highest BCUT2D eigenvalue weighted by Gasteiger charge is 2.19. The Bertz CT molecular complexity index is 386. The number of rotatable bonds is 7. The molecule has 1 heterocycles. The summed E-state index contributed by atoms with van der Waals surface area (Å²) in [5.41, 5.74) is 4.25. The number of anilines is 2. The van der Waals surface area contributed by atoms with E-state index in [4.69, 9.17) is 15.6 Å². The van der Waals surface area contributed by atoms with Crippen molar-refractivity contribution in [2.75, 3.05) is 30.8 Å². The molecule has 1 atom stereocenters. The van der Waals surface area contributed by atoms with Gasteiger partial charge in [-0.1, -0.05) is 6.92 Å². The molecule has 0 aliphatic carbocycles. The van der Waals surface area contributed by atoms with E-state index < -0.39 is 5.60 Å². The number of ether oxygens (including phenoxy) is 1. The molecular weight excluding hydrogens is 238 g/mol. The van der Waals surface area contributed by atoms with E-state index in [0.29, 0.717) is 6.61 Å². The minimum Gasteiger partial charge on any atom is -0.463 e. The Balaban J connectivity index is 2.68. The van der Waals surface area contributed by atoms with Gasteiger partial charge in [-0.3, -0.25) is 0 Å². The van der Waals surface area contributed by atoms with Crippen molar-refractivity contribution < 1.29 is 14.9 Å². The molecule has 102 valence electrons. The van der Waals surface area contributed by atoms with Crippen molar-refractivity contribution in [3.8, 4) is 6.01 Å². The van der Waals surface area contributed by atoms with Crippen LogP contribution >= 0.6 is 0 Å². The molecule has 0 saturated carbocycles. The lowest BCUT2D eigenvalue weighted by atomic mass is 10.1. The average Bonchev–Trinajstić information content (AvgIpc) is 2.33. The van der Waals surface area contributed by atoms with E-state index in [1.54, 1.807) is 0 Å². The van der Waals surface area contributed by atoms with Gasteiger partial charge in [-0.05, 0) is 13.3 Å². The third-order valence-electron chi connectivity index (χ3n) is 2.04. The van der Waals surface area contributed by atoms with Crippen molar-refractivity contribution in [1.29, 1.82) is 0 Å².